The van der Waals surface area contributed by atoms with Crippen LogP contribution in [0.1, 0.15) is 12.0 Å². The van der Waals surface area contributed by atoms with E-state index in [1.54, 1.807) is 0 Å². The third-order valence-corrected chi connectivity index (χ3v) is 2.08. The van der Waals surface area contributed by atoms with Gasteiger partial charge in [-0.3, -0.25) is 4.98 Å². The topological polar surface area (TPSA) is 38.9 Å². The number of hydrogen-bond donors (Lipinski definition) is 1. The average Bonchev–Trinajstić information content (AvgIpc) is 1.94. The van der Waals surface area contributed by atoms with Crippen LogP contribution in [0.15, 0.2) is 16.9 Å². The van der Waals surface area contributed by atoms with Gasteiger partial charge in [-0.2, -0.15) is 0 Å². The Morgan fingerprint density at radius 1 is 1.45 bits per heavy atom. The SMILES string of the molecule is Nc1cncc(C(F)F)c1Br. The van der Waals surface area contributed by atoms with Gasteiger partial charge in [-0.1, -0.05) is 0 Å². The molecule has 0 spiro atoms. The minimum absolute atomic E-state index is 0.176. The van der Waals surface area contributed by atoms with E-state index < -0.39 is 6.43 Å². The average molecular weight is 223 g/mol. The van der Waals surface area contributed by atoms with Crippen LogP contribution in [0.25, 0.3) is 0 Å². The van der Waals surface area contributed by atoms with Crippen molar-refractivity contribution in [2.45, 2.75) is 6.43 Å². The van der Waals surface area contributed by atoms with Gasteiger partial charge in [0.15, 0.2) is 0 Å². The standard InChI is InChI=1S/C6H5BrF2N2/c7-5-3(6(8)9)1-11-2-4(5)10/h1-2,6H,10H2. The number of nitrogens with zero attached hydrogens (tertiary/aromatic N) is 1. The van der Waals surface area contributed by atoms with Gasteiger partial charge in [0.05, 0.1) is 21.9 Å². The van der Waals surface area contributed by atoms with E-state index in [1.807, 2.05) is 0 Å². The Kier molecular flexibility index (Phi) is 2.38. The molecule has 1 aromatic heterocycles. The van der Waals surface area contributed by atoms with Gasteiger partial charge in [0, 0.05) is 6.20 Å². The monoisotopic (exact) mass is 222 g/mol. The first-order valence-electron chi connectivity index (χ1n) is 2.80. The van der Waals surface area contributed by atoms with Crippen LogP contribution in [0.3, 0.4) is 0 Å². The number of nitrogens with two attached hydrogens (primary N) is 1. The molecule has 0 aliphatic rings. The number of alkyl halides is 2. The summed E-state index contributed by atoms with van der Waals surface area (Å²) < 4.78 is 24.4. The molecule has 2 nitrogen and oxygen atoms in total. The molecule has 0 bridgehead atoms. The van der Waals surface area contributed by atoms with E-state index >= 15 is 0 Å². The fourth-order valence-electron chi connectivity index (χ4n) is 0.630. The van der Waals surface area contributed by atoms with Crippen molar-refractivity contribution in [2.75, 3.05) is 5.73 Å². The molecule has 1 aromatic rings. The molecule has 0 radical (unpaired) electrons. The molecular formula is C6H5BrF2N2. The van der Waals surface area contributed by atoms with Gasteiger partial charge in [-0.05, 0) is 15.9 Å². The van der Waals surface area contributed by atoms with Crippen molar-refractivity contribution in [3.05, 3.63) is 22.4 Å². The number of nitrogen functional groups attached to an aromatic ring is 1. The first-order chi connectivity index (χ1) is 5.13. The van der Waals surface area contributed by atoms with E-state index in [-0.39, 0.29) is 15.7 Å². The van der Waals surface area contributed by atoms with Crippen molar-refractivity contribution in [1.82, 2.24) is 4.98 Å². The highest BCUT2D eigenvalue weighted by Gasteiger charge is 2.12. The lowest BCUT2D eigenvalue weighted by Gasteiger charge is -2.03. The highest BCUT2D eigenvalue weighted by Crippen LogP contribution is 2.29. The highest BCUT2D eigenvalue weighted by atomic mass is 79.9. The van der Waals surface area contributed by atoms with Gasteiger partial charge < -0.3 is 5.73 Å². The maximum atomic E-state index is 12.1. The van der Waals surface area contributed by atoms with Crippen LogP contribution in [0.2, 0.25) is 0 Å². The molecule has 0 atom stereocenters. The van der Waals surface area contributed by atoms with Crippen LogP contribution in [0, 0.1) is 0 Å². The predicted molar refractivity (Wildman–Crippen MR) is 41.3 cm³/mol. The largest absolute Gasteiger partial charge is 0.397 e. The first-order valence-corrected chi connectivity index (χ1v) is 3.59. The van der Waals surface area contributed by atoms with E-state index in [0.29, 0.717) is 0 Å². The van der Waals surface area contributed by atoms with Crippen molar-refractivity contribution in [3.63, 3.8) is 0 Å². The zero-order chi connectivity index (χ0) is 8.43. The van der Waals surface area contributed by atoms with Crippen molar-refractivity contribution >= 4 is 21.6 Å². The van der Waals surface area contributed by atoms with Crippen LogP contribution in [-0.2, 0) is 0 Å². The molecule has 0 fully saturated rings. The van der Waals surface area contributed by atoms with Crippen LogP contribution in [0.4, 0.5) is 14.5 Å². The van der Waals surface area contributed by atoms with E-state index in [9.17, 15) is 8.78 Å². The zero-order valence-corrected chi connectivity index (χ0v) is 6.98. The van der Waals surface area contributed by atoms with Crippen molar-refractivity contribution in [3.8, 4) is 0 Å². The normalized spacial score (nSPS) is 10.5. The summed E-state index contributed by atoms with van der Waals surface area (Å²) in [7, 11) is 0. The fourth-order valence-corrected chi connectivity index (χ4v) is 1.01. The molecular weight excluding hydrogens is 218 g/mol. The number of hydrogen-bond acceptors (Lipinski definition) is 2. The van der Waals surface area contributed by atoms with Crippen LogP contribution >= 0.6 is 15.9 Å². The summed E-state index contributed by atoms with van der Waals surface area (Å²) in [5.74, 6) is 0. The smallest absolute Gasteiger partial charge is 0.266 e. The van der Waals surface area contributed by atoms with Gasteiger partial charge in [0.25, 0.3) is 6.43 Å². The van der Waals surface area contributed by atoms with Crippen molar-refractivity contribution in [2.24, 2.45) is 0 Å². The molecule has 0 amide bonds. The Morgan fingerprint density at radius 3 is 2.55 bits per heavy atom. The Labute approximate surface area is 70.6 Å². The summed E-state index contributed by atoms with van der Waals surface area (Å²) in [5.41, 5.74) is 5.36. The molecule has 0 saturated heterocycles. The minimum Gasteiger partial charge on any atom is -0.397 e. The number of pyridine rings is 1. The zero-order valence-electron chi connectivity index (χ0n) is 5.39. The number of halogens is 3. The van der Waals surface area contributed by atoms with E-state index in [2.05, 4.69) is 20.9 Å². The maximum absolute atomic E-state index is 12.1. The third kappa shape index (κ3) is 1.65. The second kappa shape index (κ2) is 3.13. The van der Waals surface area contributed by atoms with E-state index in [1.165, 1.54) is 6.20 Å². The molecule has 60 valence electrons. The fraction of sp³-hybridized carbons (Fsp3) is 0.167. The summed E-state index contributed by atoms with van der Waals surface area (Å²) in [6.45, 7) is 0. The highest BCUT2D eigenvalue weighted by molar-refractivity contribution is 9.10. The van der Waals surface area contributed by atoms with E-state index in [0.717, 1.165) is 6.20 Å². The van der Waals surface area contributed by atoms with Crippen LogP contribution in [0.5, 0.6) is 0 Å². The summed E-state index contributed by atoms with van der Waals surface area (Å²) in [4.78, 5) is 3.53. The number of anilines is 1. The Hall–Kier alpha value is -0.710. The molecule has 0 unspecified atom stereocenters. The van der Waals surface area contributed by atoms with Gasteiger partial charge in [0.2, 0.25) is 0 Å². The molecule has 0 aliphatic carbocycles. The molecule has 0 aliphatic heterocycles. The summed E-state index contributed by atoms with van der Waals surface area (Å²) in [6.07, 6.45) is -0.137. The van der Waals surface area contributed by atoms with Gasteiger partial charge in [0.1, 0.15) is 0 Å². The van der Waals surface area contributed by atoms with Gasteiger partial charge >= 0.3 is 0 Å². The molecule has 5 heteroatoms. The molecule has 11 heavy (non-hydrogen) atoms. The third-order valence-electron chi connectivity index (χ3n) is 1.17. The second-order valence-electron chi connectivity index (χ2n) is 1.93. The quantitative estimate of drug-likeness (QED) is 0.793. The van der Waals surface area contributed by atoms with E-state index in [4.69, 9.17) is 5.73 Å². The molecule has 2 N–H and O–H groups in total. The molecule has 0 aromatic carbocycles. The summed E-state index contributed by atoms with van der Waals surface area (Å²) in [5, 5.41) is 0. The van der Waals surface area contributed by atoms with Gasteiger partial charge in [-0.15, -0.1) is 0 Å². The second-order valence-corrected chi connectivity index (χ2v) is 2.73. The molecule has 0 saturated carbocycles. The summed E-state index contributed by atoms with van der Waals surface area (Å²) in [6, 6.07) is 0. The maximum Gasteiger partial charge on any atom is 0.266 e. The number of rotatable bonds is 1. The molecule has 1 rings (SSSR count). The number of aromatic nitrogens is 1. The first kappa shape index (κ1) is 8.39. The predicted octanol–water partition coefficient (Wildman–Crippen LogP) is 2.36. The van der Waals surface area contributed by atoms with Crippen LogP contribution < -0.4 is 5.73 Å². The Morgan fingerprint density at radius 2 is 2.09 bits per heavy atom. The summed E-state index contributed by atoms with van der Waals surface area (Å²) >= 11 is 2.94. The minimum atomic E-state index is -2.54. The van der Waals surface area contributed by atoms with Crippen molar-refractivity contribution < 1.29 is 8.78 Å². The lowest BCUT2D eigenvalue weighted by atomic mass is 10.3. The Balaban J connectivity index is 3.17. The molecule has 1 heterocycles. The lowest BCUT2D eigenvalue weighted by Crippen LogP contribution is -1.94. The van der Waals surface area contributed by atoms with Crippen molar-refractivity contribution in [1.29, 1.82) is 0 Å². The Bertz CT molecular complexity index is 265. The lowest BCUT2D eigenvalue weighted by molar-refractivity contribution is 0.150. The van der Waals surface area contributed by atoms with Gasteiger partial charge in [-0.25, -0.2) is 8.78 Å². The van der Waals surface area contributed by atoms with Crippen LogP contribution in [-0.4, -0.2) is 4.98 Å².